The minimum absolute atomic E-state index is 0.459. The third kappa shape index (κ3) is 8.74. The van der Waals surface area contributed by atoms with Crippen LogP contribution in [-0.4, -0.2) is 42.9 Å². The summed E-state index contributed by atoms with van der Waals surface area (Å²) in [6.45, 7) is 11.2. The lowest BCUT2D eigenvalue weighted by Crippen LogP contribution is -2.52. The lowest BCUT2D eigenvalue weighted by Gasteiger charge is -2.27. The van der Waals surface area contributed by atoms with Gasteiger partial charge in [0.25, 0.3) is 0 Å². The smallest absolute Gasteiger partial charge is 0.326 e. The van der Waals surface area contributed by atoms with Crippen molar-refractivity contribution in [1.29, 1.82) is 0 Å². The first-order valence-electron chi connectivity index (χ1n) is 6.99. The largest absolute Gasteiger partial charge is 0.480 e. The quantitative estimate of drug-likeness (QED) is 0.595. The third-order valence-electron chi connectivity index (χ3n) is 2.59. The maximum Gasteiger partial charge on any atom is 0.326 e. The Morgan fingerprint density at radius 1 is 1.25 bits per heavy atom. The van der Waals surface area contributed by atoms with E-state index < -0.39 is 23.5 Å². The number of amides is 2. The van der Waals surface area contributed by atoms with Crippen molar-refractivity contribution >= 4 is 12.0 Å². The van der Waals surface area contributed by atoms with Gasteiger partial charge in [0.15, 0.2) is 0 Å². The fraction of sp³-hybridized carbons (Fsp3) is 0.857. The fourth-order valence-corrected chi connectivity index (χ4v) is 1.53. The van der Waals surface area contributed by atoms with E-state index in [0.717, 1.165) is 0 Å². The van der Waals surface area contributed by atoms with Crippen molar-refractivity contribution in [2.45, 2.75) is 47.1 Å². The van der Waals surface area contributed by atoms with Crippen molar-refractivity contribution in [2.24, 2.45) is 11.3 Å². The van der Waals surface area contributed by atoms with Crippen LogP contribution in [-0.2, 0) is 9.53 Å². The Kier molecular flexibility index (Phi) is 8.22. The van der Waals surface area contributed by atoms with Gasteiger partial charge in [-0.2, -0.15) is 0 Å². The standard InChI is InChI=1S/C14H28N2O4/c1-10(2)9-20-8-6-7-15-13(19)16-11(12(17)18)14(3,4)5/h10-11H,6-9H2,1-5H3,(H,17,18)(H2,15,16,19)/t11-/m0/s1. The van der Waals surface area contributed by atoms with Crippen molar-refractivity contribution < 1.29 is 19.4 Å². The molecule has 0 unspecified atom stereocenters. The highest BCUT2D eigenvalue weighted by molar-refractivity contribution is 5.83. The van der Waals surface area contributed by atoms with E-state index in [1.807, 2.05) is 0 Å². The first-order chi connectivity index (χ1) is 9.14. The van der Waals surface area contributed by atoms with Crippen LogP contribution in [0.4, 0.5) is 4.79 Å². The molecule has 1 atom stereocenters. The number of nitrogens with one attached hydrogen (secondary N) is 2. The molecule has 0 aliphatic heterocycles. The normalized spacial score (nSPS) is 13.1. The number of urea groups is 1. The molecule has 0 aromatic carbocycles. The van der Waals surface area contributed by atoms with Crippen LogP contribution in [0.5, 0.6) is 0 Å². The number of hydrogen-bond acceptors (Lipinski definition) is 3. The van der Waals surface area contributed by atoms with Gasteiger partial charge >= 0.3 is 12.0 Å². The number of carbonyl (C=O) groups excluding carboxylic acids is 1. The van der Waals surface area contributed by atoms with Crippen molar-refractivity contribution in [1.82, 2.24) is 10.6 Å². The molecule has 2 amide bonds. The second-order valence-electron chi connectivity index (χ2n) is 6.36. The number of carboxylic acids is 1. The van der Waals surface area contributed by atoms with Crippen molar-refractivity contribution in [3.05, 3.63) is 0 Å². The van der Waals surface area contributed by atoms with Crippen LogP contribution in [0.1, 0.15) is 41.0 Å². The number of ether oxygens (including phenoxy) is 1. The van der Waals surface area contributed by atoms with Gasteiger partial charge in [0.1, 0.15) is 6.04 Å². The molecule has 0 aliphatic carbocycles. The highest BCUT2D eigenvalue weighted by Crippen LogP contribution is 2.19. The Morgan fingerprint density at radius 3 is 2.30 bits per heavy atom. The van der Waals surface area contributed by atoms with Gasteiger partial charge in [0, 0.05) is 19.8 Å². The maximum atomic E-state index is 11.6. The molecule has 0 saturated heterocycles. The van der Waals surface area contributed by atoms with Gasteiger partial charge in [-0.25, -0.2) is 9.59 Å². The average Bonchev–Trinajstić information content (AvgIpc) is 2.28. The SMILES string of the molecule is CC(C)COCCCNC(=O)N[C@@H](C(=O)O)C(C)(C)C. The molecular weight excluding hydrogens is 260 g/mol. The number of carboxylic acid groups (broad SMARTS) is 1. The molecule has 0 radical (unpaired) electrons. The Labute approximate surface area is 121 Å². The van der Waals surface area contributed by atoms with Gasteiger partial charge in [-0.15, -0.1) is 0 Å². The van der Waals surface area contributed by atoms with Crippen LogP contribution < -0.4 is 10.6 Å². The van der Waals surface area contributed by atoms with Crippen LogP contribution in [0.3, 0.4) is 0 Å². The summed E-state index contributed by atoms with van der Waals surface area (Å²) in [5.41, 5.74) is -0.538. The fourth-order valence-electron chi connectivity index (χ4n) is 1.53. The van der Waals surface area contributed by atoms with E-state index in [2.05, 4.69) is 24.5 Å². The molecule has 20 heavy (non-hydrogen) atoms. The van der Waals surface area contributed by atoms with E-state index in [-0.39, 0.29) is 0 Å². The lowest BCUT2D eigenvalue weighted by molar-refractivity contribution is -0.141. The molecule has 3 N–H and O–H groups in total. The molecule has 6 nitrogen and oxygen atoms in total. The first-order valence-corrected chi connectivity index (χ1v) is 6.99. The van der Waals surface area contributed by atoms with Crippen LogP contribution in [0, 0.1) is 11.3 Å². The molecule has 118 valence electrons. The number of carbonyl (C=O) groups is 2. The van der Waals surface area contributed by atoms with E-state index in [1.165, 1.54) is 0 Å². The van der Waals surface area contributed by atoms with Crippen LogP contribution in [0.15, 0.2) is 0 Å². The zero-order chi connectivity index (χ0) is 15.8. The molecule has 0 aromatic rings. The zero-order valence-electron chi connectivity index (χ0n) is 13.2. The molecule has 0 bridgehead atoms. The summed E-state index contributed by atoms with van der Waals surface area (Å²) in [4.78, 5) is 22.7. The Morgan fingerprint density at radius 2 is 1.85 bits per heavy atom. The third-order valence-corrected chi connectivity index (χ3v) is 2.59. The van der Waals surface area contributed by atoms with Gasteiger partial charge < -0.3 is 20.5 Å². The molecule has 0 spiro atoms. The Balaban J connectivity index is 3.90. The summed E-state index contributed by atoms with van der Waals surface area (Å²) in [6.07, 6.45) is 0.702. The first kappa shape index (κ1) is 18.7. The van der Waals surface area contributed by atoms with Crippen molar-refractivity contribution in [3.8, 4) is 0 Å². The molecule has 0 aromatic heterocycles. The monoisotopic (exact) mass is 288 g/mol. The highest BCUT2D eigenvalue weighted by atomic mass is 16.5. The molecule has 0 aliphatic rings. The summed E-state index contributed by atoms with van der Waals surface area (Å²) in [7, 11) is 0. The predicted octanol–water partition coefficient (Wildman–Crippen LogP) is 1.85. The second-order valence-corrected chi connectivity index (χ2v) is 6.36. The predicted molar refractivity (Wildman–Crippen MR) is 77.7 cm³/mol. The molecule has 0 saturated carbocycles. The second kappa shape index (κ2) is 8.79. The molecule has 0 heterocycles. The van der Waals surface area contributed by atoms with Crippen LogP contribution >= 0.6 is 0 Å². The summed E-state index contributed by atoms with van der Waals surface area (Å²) in [6, 6.07) is -1.38. The molecule has 0 rings (SSSR count). The summed E-state index contributed by atoms with van der Waals surface area (Å²) in [5.74, 6) is -0.540. The zero-order valence-corrected chi connectivity index (χ0v) is 13.2. The average molecular weight is 288 g/mol. The van der Waals surface area contributed by atoms with E-state index in [1.54, 1.807) is 20.8 Å². The molecular formula is C14H28N2O4. The minimum atomic E-state index is -1.03. The van der Waals surface area contributed by atoms with Gasteiger partial charge in [0.05, 0.1) is 0 Å². The van der Waals surface area contributed by atoms with E-state index in [4.69, 9.17) is 9.84 Å². The number of rotatable bonds is 8. The maximum absolute atomic E-state index is 11.6. The van der Waals surface area contributed by atoms with Gasteiger partial charge in [-0.05, 0) is 17.8 Å². The van der Waals surface area contributed by atoms with E-state index in [9.17, 15) is 9.59 Å². The van der Waals surface area contributed by atoms with Crippen LogP contribution in [0.2, 0.25) is 0 Å². The van der Waals surface area contributed by atoms with E-state index in [0.29, 0.717) is 32.1 Å². The van der Waals surface area contributed by atoms with Crippen molar-refractivity contribution in [2.75, 3.05) is 19.8 Å². The van der Waals surface area contributed by atoms with E-state index >= 15 is 0 Å². The van der Waals surface area contributed by atoms with Gasteiger partial charge in [-0.3, -0.25) is 0 Å². The summed E-state index contributed by atoms with van der Waals surface area (Å²) >= 11 is 0. The Bertz CT molecular complexity index is 311. The number of aliphatic carboxylic acids is 1. The van der Waals surface area contributed by atoms with Crippen molar-refractivity contribution in [3.63, 3.8) is 0 Å². The van der Waals surface area contributed by atoms with Gasteiger partial charge in [-0.1, -0.05) is 34.6 Å². The topological polar surface area (TPSA) is 87.7 Å². The molecule has 0 fully saturated rings. The minimum Gasteiger partial charge on any atom is -0.480 e. The lowest BCUT2D eigenvalue weighted by atomic mass is 9.87. The summed E-state index contributed by atoms with van der Waals surface area (Å²) in [5, 5.41) is 14.2. The van der Waals surface area contributed by atoms with Gasteiger partial charge in [0.2, 0.25) is 0 Å². The Hall–Kier alpha value is -1.30. The highest BCUT2D eigenvalue weighted by Gasteiger charge is 2.32. The summed E-state index contributed by atoms with van der Waals surface area (Å²) < 4.78 is 5.38. The van der Waals surface area contributed by atoms with Crippen LogP contribution in [0.25, 0.3) is 0 Å². The molecule has 6 heteroatoms. The number of hydrogen-bond donors (Lipinski definition) is 3.